The molecule has 2 saturated heterocycles. The smallest absolute Gasteiger partial charge is 0.338 e. The Labute approximate surface area is 303 Å². The molecule has 2 aliphatic heterocycles. The minimum Gasteiger partial charge on any atom is -0.460 e. The minimum absolute atomic E-state index is 0.0237. The predicted octanol–water partition coefficient (Wildman–Crippen LogP) is 4.39. The molecular formula is C40H48N2O10. The Morgan fingerprint density at radius 2 is 1.81 bits per heavy atom. The fraction of sp³-hybridized carbons (Fsp3) is 0.500. The highest BCUT2D eigenvalue weighted by atomic mass is 16.7. The number of ether oxygens (including phenoxy) is 5. The van der Waals surface area contributed by atoms with Crippen LogP contribution in [0.3, 0.4) is 0 Å². The van der Waals surface area contributed by atoms with Crippen molar-refractivity contribution in [1.29, 1.82) is 0 Å². The average molecular weight is 717 g/mol. The number of benzene rings is 2. The van der Waals surface area contributed by atoms with E-state index in [0.29, 0.717) is 40.4 Å². The summed E-state index contributed by atoms with van der Waals surface area (Å²) in [6.45, 7) is 5.14. The summed E-state index contributed by atoms with van der Waals surface area (Å²) in [5.74, 6) is -1.23. The van der Waals surface area contributed by atoms with Crippen LogP contribution in [-0.4, -0.2) is 84.4 Å². The zero-order chi connectivity index (χ0) is 36.8. The molecule has 0 spiro atoms. The number of hydrogen-bond acceptors (Lipinski definition) is 10. The molecule has 7 atom stereocenters. The van der Waals surface area contributed by atoms with Crippen LogP contribution < -0.4 is 10.6 Å². The highest BCUT2D eigenvalue weighted by Crippen LogP contribution is 2.40. The van der Waals surface area contributed by atoms with Crippen LogP contribution in [0.5, 0.6) is 0 Å². The van der Waals surface area contributed by atoms with Crippen LogP contribution in [0.25, 0.3) is 6.08 Å². The van der Waals surface area contributed by atoms with E-state index in [2.05, 4.69) is 16.7 Å². The standard InChI is InChI=1S/C40H48N2O10/c1-40(2,3)52-35(44)15-13-30(22-43)42-38(46)27-8-5-7-26(17-27)21-41-37(45)29-19-33-36(49-23-48-33)34(20-29)51-39(47)28-9-4-6-24(16-28)10-11-25-12-14-31-32(18-25)50-31/h4-11,16-17,19,25,30-34,36,43H,12-15,18,20-23H2,1-3H3,(H,41,45)(H,42,46)/t25?,30-,31?,32?,33+,34+,36+/m0/s1. The normalized spacial score (nSPS) is 25.7. The fourth-order valence-corrected chi connectivity index (χ4v) is 6.84. The number of nitrogens with one attached hydrogen (secondary N) is 2. The zero-order valence-electron chi connectivity index (χ0n) is 29.9. The van der Waals surface area contributed by atoms with Gasteiger partial charge < -0.3 is 39.4 Å². The van der Waals surface area contributed by atoms with Gasteiger partial charge in [0, 0.05) is 30.5 Å². The van der Waals surface area contributed by atoms with E-state index in [-0.39, 0.29) is 45.1 Å². The molecular weight excluding hydrogens is 668 g/mol. The Balaban J connectivity index is 1.01. The first-order chi connectivity index (χ1) is 24.9. The highest BCUT2D eigenvalue weighted by molar-refractivity contribution is 5.95. The van der Waals surface area contributed by atoms with Crippen LogP contribution in [-0.2, 0) is 39.8 Å². The monoisotopic (exact) mass is 716 g/mol. The fourth-order valence-electron chi connectivity index (χ4n) is 6.84. The number of aliphatic hydroxyl groups excluding tert-OH is 1. The summed E-state index contributed by atoms with van der Waals surface area (Å²) >= 11 is 0. The Bertz CT molecular complexity index is 1700. The van der Waals surface area contributed by atoms with Crippen molar-refractivity contribution >= 4 is 29.8 Å². The molecule has 12 nitrogen and oxygen atoms in total. The molecule has 12 heteroatoms. The van der Waals surface area contributed by atoms with Gasteiger partial charge in [0.25, 0.3) is 5.91 Å². The molecule has 2 heterocycles. The first-order valence-electron chi connectivity index (χ1n) is 18.0. The molecule has 2 aromatic rings. The van der Waals surface area contributed by atoms with E-state index in [1.807, 2.05) is 18.2 Å². The van der Waals surface area contributed by atoms with Gasteiger partial charge in [-0.1, -0.05) is 36.4 Å². The number of rotatable bonds is 13. The van der Waals surface area contributed by atoms with E-state index >= 15 is 0 Å². The van der Waals surface area contributed by atoms with Crippen LogP contribution in [0.2, 0.25) is 0 Å². The van der Waals surface area contributed by atoms with Gasteiger partial charge in [-0.15, -0.1) is 0 Å². The topological polar surface area (TPSA) is 162 Å². The van der Waals surface area contributed by atoms with Crippen LogP contribution in [0.4, 0.5) is 0 Å². The second-order valence-electron chi connectivity index (χ2n) is 14.9. The average Bonchev–Trinajstić information content (AvgIpc) is 3.74. The predicted molar refractivity (Wildman–Crippen MR) is 190 cm³/mol. The number of fused-ring (bicyclic) bond motifs is 2. The molecule has 6 rings (SSSR count). The van der Waals surface area contributed by atoms with Crippen molar-refractivity contribution in [2.45, 2.75) is 108 Å². The van der Waals surface area contributed by atoms with Crippen LogP contribution in [0, 0.1) is 5.92 Å². The molecule has 52 heavy (non-hydrogen) atoms. The van der Waals surface area contributed by atoms with E-state index in [1.54, 1.807) is 63.2 Å². The first-order valence-corrected chi connectivity index (χ1v) is 18.0. The first kappa shape index (κ1) is 37.4. The number of allylic oxidation sites excluding steroid dienone is 1. The van der Waals surface area contributed by atoms with Gasteiger partial charge in [-0.25, -0.2) is 4.79 Å². The molecule has 0 aromatic heterocycles. The molecule has 3 fully saturated rings. The van der Waals surface area contributed by atoms with Crippen molar-refractivity contribution in [3.63, 3.8) is 0 Å². The lowest BCUT2D eigenvalue weighted by Gasteiger charge is -2.30. The number of carbonyl (C=O) groups is 4. The van der Waals surface area contributed by atoms with E-state index in [0.717, 1.165) is 24.8 Å². The summed E-state index contributed by atoms with van der Waals surface area (Å²) in [4.78, 5) is 51.8. The van der Waals surface area contributed by atoms with Crippen LogP contribution in [0.15, 0.2) is 66.3 Å². The Hall–Kier alpha value is -4.36. The van der Waals surface area contributed by atoms with Crippen molar-refractivity contribution in [1.82, 2.24) is 10.6 Å². The highest BCUT2D eigenvalue weighted by Gasteiger charge is 2.44. The lowest BCUT2D eigenvalue weighted by molar-refractivity contribution is -0.155. The van der Waals surface area contributed by atoms with Gasteiger partial charge in [0.05, 0.1) is 30.4 Å². The summed E-state index contributed by atoms with van der Waals surface area (Å²) in [6.07, 6.45) is 8.61. The van der Waals surface area contributed by atoms with E-state index in [9.17, 15) is 24.3 Å². The lowest BCUT2D eigenvalue weighted by Crippen LogP contribution is -2.43. The molecule has 0 bridgehead atoms. The number of hydrogen-bond donors (Lipinski definition) is 3. The van der Waals surface area contributed by atoms with E-state index < -0.39 is 47.8 Å². The van der Waals surface area contributed by atoms with Crippen molar-refractivity contribution in [2.24, 2.45) is 5.92 Å². The molecule has 3 unspecified atom stereocenters. The number of epoxide rings is 1. The van der Waals surface area contributed by atoms with Crippen LogP contribution >= 0.6 is 0 Å². The molecule has 4 aliphatic rings. The minimum atomic E-state index is -0.736. The van der Waals surface area contributed by atoms with E-state index in [1.165, 1.54) is 0 Å². The van der Waals surface area contributed by atoms with Gasteiger partial charge in [0.15, 0.2) is 0 Å². The third-order valence-electron chi connectivity index (χ3n) is 9.59. The van der Waals surface area contributed by atoms with Gasteiger partial charge in [0.1, 0.15) is 30.7 Å². The maximum absolute atomic E-state index is 13.4. The molecule has 3 N–H and O–H groups in total. The van der Waals surface area contributed by atoms with E-state index in [4.69, 9.17) is 23.7 Å². The third kappa shape index (κ3) is 10.2. The van der Waals surface area contributed by atoms with Gasteiger partial charge in [-0.05, 0) is 93.8 Å². The number of aliphatic hydroxyl groups is 1. The summed E-state index contributed by atoms with van der Waals surface area (Å²) in [5.41, 5.74) is 2.11. The molecule has 0 radical (unpaired) electrons. The third-order valence-corrected chi connectivity index (χ3v) is 9.59. The van der Waals surface area contributed by atoms with Gasteiger partial charge in [-0.3, -0.25) is 14.4 Å². The second-order valence-corrected chi connectivity index (χ2v) is 14.9. The summed E-state index contributed by atoms with van der Waals surface area (Å²) in [7, 11) is 0. The molecule has 2 aliphatic carbocycles. The zero-order valence-corrected chi connectivity index (χ0v) is 29.9. The molecule has 2 amide bonds. The Morgan fingerprint density at radius 1 is 1.00 bits per heavy atom. The quantitative estimate of drug-likeness (QED) is 0.200. The number of carbonyl (C=O) groups excluding carboxylic acids is 4. The van der Waals surface area contributed by atoms with Crippen molar-refractivity contribution in [3.8, 4) is 0 Å². The number of esters is 2. The maximum atomic E-state index is 13.4. The number of amides is 2. The van der Waals surface area contributed by atoms with Crippen molar-refractivity contribution < 1.29 is 48.0 Å². The summed E-state index contributed by atoms with van der Waals surface area (Å²) in [5, 5.41) is 15.4. The Morgan fingerprint density at radius 3 is 2.60 bits per heavy atom. The maximum Gasteiger partial charge on any atom is 0.338 e. The summed E-state index contributed by atoms with van der Waals surface area (Å²) < 4.78 is 28.3. The summed E-state index contributed by atoms with van der Waals surface area (Å²) in [6, 6.07) is 13.4. The largest absolute Gasteiger partial charge is 0.460 e. The van der Waals surface area contributed by atoms with Gasteiger partial charge in [0.2, 0.25) is 5.91 Å². The SMILES string of the molecule is CC(C)(C)OC(=O)CC[C@@H](CO)NC(=O)c1cccc(CNC(=O)C2=C[C@H]3OCO[C@H]3[C@H](OC(=O)c3cccc(C=CC4CCC5OC5C4)c3)C2)c1. The molecule has 2 aromatic carbocycles. The molecule has 1 saturated carbocycles. The van der Waals surface area contributed by atoms with Gasteiger partial charge in [-0.2, -0.15) is 0 Å². The van der Waals surface area contributed by atoms with Crippen molar-refractivity contribution in [2.75, 3.05) is 13.4 Å². The van der Waals surface area contributed by atoms with Crippen LogP contribution in [0.1, 0.15) is 91.1 Å². The second kappa shape index (κ2) is 16.5. The molecule has 278 valence electrons. The Kier molecular flexibility index (Phi) is 11.9. The van der Waals surface area contributed by atoms with Crippen molar-refractivity contribution in [3.05, 3.63) is 88.5 Å². The van der Waals surface area contributed by atoms with Gasteiger partial charge >= 0.3 is 11.9 Å². The lowest BCUT2D eigenvalue weighted by atomic mass is 9.88.